The number of amides is 2. The quantitative estimate of drug-likeness (QED) is 0.767. The molecule has 2 atom stereocenters. The number of aromatic nitrogens is 1. The van der Waals surface area contributed by atoms with Crippen LogP contribution < -0.4 is 10.6 Å². The summed E-state index contributed by atoms with van der Waals surface area (Å²) >= 11 is 1.47. The van der Waals surface area contributed by atoms with Gasteiger partial charge in [0.2, 0.25) is 5.91 Å². The molecule has 2 amide bonds. The van der Waals surface area contributed by atoms with E-state index in [2.05, 4.69) is 15.6 Å². The van der Waals surface area contributed by atoms with E-state index in [1.54, 1.807) is 17.6 Å². The maximum Gasteiger partial charge on any atom is 0.251 e. The number of rotatable bonds is 6. The first kappa shape index (κ1) is 20.2. The van der Waals surface area contributed by atoms with Crippen molar-refractivity contribution in [3.8, 4) is 6.07 Å². The fraction of sp³-hybridized carbons (Fsp3) is 0.474. The number of alkyl halides is 1. The van der Waals surface area contributed by atoms with Gasteiger partial charge >= 0.3 is 0 Å². The second-order valence-electron chi connectivity index (χ2n) is 7.48. The Kier molecular flexibility index (Phi) is 5.91. The molecule has 2 heterocycles. The minimum absolute atomic E-state index is 0.0272. The molecule has 148 valence electrons. The molecule has 1 saturated heterocycles. The minimum atomic E-state index is -1.16. The van der Waals surface area contributed by atoms with Crippen LogP contribution in [0.5, 0.6) is 0 Å². The summed E-state index contributed by atoms with van der Waals surface area (Å²) in [6.45, 7) is 3.94. The summed E-state index contributed by atoms with van der Waals surface area (Å²) < 4.78 is 14.4. The molecule has 9 heteroatoms. The number of fused-ring (bicyclic) bond motifs is 1. The molecule has 3 rings (SSSR count). The Morgan fingerprint density at radius 1 is 1.46 bits per heavy atom. The number of nitrogens with zero attached hydrogens (tertiary/aromatic N) is 3. The van der Waals surface area contributed by atoms with E-state index in [4.69, 9.17) is 5.26 Å². The van der Waals surface area contributed by atoms with Crippen LogP contribution >= 0.6 is 11.3 Å². The van der Waals surface area contributed by atoms with Crippen LogP contribution in [0.25, 0.3) is 10.2 Å². The second kappa shape index (κ2) is 8.20. The van der Waals surface area contributed by atoms with Gasteiger partial charge in [-0.3, -0.25) is 9.59 Å². The lowest BCUT2D eigenvalue weighted by atomic mass is 10.1. The Morgan fingerprint density at radius 2 is 2.25 bits per heavy atom. The third-order valence-corrected chi connectivity index (χ3v) is 5.51. The molecule has 0 aliphatic carbocycles. The van der Waals surface area contributed by atoms with Crippen LogP contribution in [0.15, 0.2) is 23.7 Å². The molecule has 0 spiro atoms. The van der Waals surface area contributed by atoms with Crippen LogP contribution in [0.2, 0.25) is 0 Å². The largest absolute Gasteiger partial charge is 0.350 e. The molecule has 0 bridgehead atoms. The van der Waals surface area contributed by atoms with E-state index in [0.717, 1.165) is 10.2 Å². The molecule has 2 aromatic rings. The molecule has 2 N–H and O–H groups in total. The van der Waals surface area contributed by atoms with E-state index in [1.165, 1.54) is 16.2 Å². The second-order valence-corrected chi connectivity index (χ2v) is 8.37. The maximum absolute atomic E-state index is 13.5. The smallest absolute Gasteiger partial charge is 0.251 e. The zero-order valence-corrected chi connectivity index (χ0v) is 16.6. The summed E-state index contributed by atoms with van der Waals surface area (Å²) in [6.07, 6.45) is -1.09. The highest BCUT2D eigenvalue weighted by molar-refractivity contribution is 7.16. The first-order valence-corrected chi connectivity index (χ1v) is 9.87. The first-order valence-electron chi connectivity index (χ1n) is 8.99. The summed E-state index contributed by atoms with van der Waals surface area (Å²) in [5, 5.41) is 15.0. The number of nitrogens with one attached hydrogen (secondary N) is 2. The van der Waals surface area contributed by atoms with E-state index in [1.807, 2.05) is 26.0 Å². The van der Waals surface area contributed by atoms with Gasteiger partial charge in [0, 0.05) is 24.1 Å². The zero-order valence-electron chi connectivity index (χ0n) is 15.7. The van der Waals surface area contributed by atoms with Crippen molar-refractivity contribution in [1.82, 2.24) is 20.5 Å². The number of hydrogen-bond donors (Lipinski definition) is 2. The van der Waals surface area contributed by atoms with Crippen molar-refractivity contribution in [3.63, 3.8) is 0 Å². The van der Waals surface area contributed by atoms with E-state index in [0.29, 0.717) is 12.1 Å². The van der Waals surface area contributed by atoms with Gasteiger partial charge in [-0.25, -0.2) is 9.37 Å². The van der Waals surface area contributed by atoms with Crippen molar-refractivity contribution < 1.29 is 14.0 Å². The molecule has 1 fully saturated rings. The van der Waals surface area contributed by atoms with Crippen LogP contribution in [0.4, 0.5) is 4.39 Å². The highest BCUT2D eigenvalue weighted by Gasteiger charge is 2.35. The molecule has 0 radical (unpaired) electrons. The summed E-state index contributed by atoms with van der Waals surface area (Å²) in [7, 11) is 0. The SMILES string of the molecule is CC(C)(CNC(=O)c1ccc2ncsc2c1)NCC(=O)N1C[C@@H](F)C[C@H]1C#N. The Balaban J connectivity index is 1.51. The molecular weight excluding hydrogens is 381 g/mol. The van der Waals surface area contributed by atoms with Crippen molar-refractivity contribution in [2.75, 3.05) is 19.6 Å². The standard InChI is InChI=1S/C19H22FN5O2S/c1-19(2,24-8-17(26)25-9-13(20)6-14(25)7-21)10-22-18(27)12-3-4-15-16(5-12)28-11-23-15/h3-5,11,13-14,24H,6,8-10H2,1-2H3,(H,22,27)/t13-,14-/m0/s1. The van der Waals surface area contributed by atoms with E-state index in [9.17, 15) is 14.0 Å². The molecule has 7 nitrogen and oxygen atoms in total. The number of carbonyl (C=O) groups excluding carboxylic acids is 2. The lowest BCUT2D eigenvalue weighted by Gasteiger charge is -2.28. The minimum Gasteiger partial charge on any atom is -0.350 e. The molecular formula is C19H22FN5O2S. The van der Waals surface area contributed by atoms with Gasteiger partial charge in [0.15, 0.2) is 0 Å². The van der Waals surface area contributed by atoms with Gasteiger partial charge in [0.1, 0.15) is 12.2 Å². The molecule has 0 saturated carbocycles. The first-order chi connectivity index (χ1) is 13.3. The van der Waals surface area contributed by atoms with Crippen LogP contribution in [0.3, 0.4) is 0 Å². The Labute approximate surface area is 166 Å². The van der Waals surface area contributed by atoms with Crippen LogP contribution in [0.1, 0.15) is 30.6 Å². The van der Waals surface area contributed by atoms with Crippen molar-refractivity contribution in [3.05, 3.63) is 29.3 Å². The number of thiazole rings is 1. The summed E-state index contributed by atoms with van der Waals surface area (Å²) in [5.41, 5.74) is 2.58. The van der Waals surface area contributed by atoms with Crippen LogP contribution in [0, 0.1) is 11.3 Å². The van der Waals surface area contributed by atoms with Gasteiger partial charge in [-0.2, -0.15) is 5.26 Å². The van der Waals surface area contributed by atoms with E-state index in [-0.39, 0.29) is 31.3 Å². The van der Waals surface area contributed by atoms with Gasteiger partial charge in [-0.15, -0.1) is 11.3 Å². The van der Waals surface area contributed by atoms with Crippen LogP contribution in [-0.2, 0) is 4.79 Å². The average Bonchev–Trinajstić information content (AvgIpc) is 3.29. The fourth-order valence-electron chi connectivity index (χ4n) is 3.06. The van der Waals surface area contributed by atoms with Gasteiger partial charge in [0.05, 0.1) is 34.9 Å². The van der Waals surface area contributed by atoms with Gasteiger partial charge in [-0.1, -0.05) is 0 Å². The molecule has 1 aromatic carbocycles. The van der Waals surface area contributed by atoms with Crippen molar-refractivity contribution >= 4 is 33.4 Å². The highest BCUT2D eigenvalue weighted by Crippen LogP contribution is 2.20. The maximum atomic E-state index is 13.5. The number of likely N-dealkylation sites (tertiary alicyclic amines) is 1. The van der Waals surface area contributed by atoms with E-state index < -0.39 is 17.8 Å². The molecule has 0 unspecified atom stereocenters. The molecule has 1 aliphatic heterocycles. The highest BCUT2D eigenvalue weighted by atomic mass is 32.1. The summed E-state index contributed by atoms with van der Waals surface area (Å²) in [4.78, 5) is 30.2. The summed E-state index contributed by atoms with van der Waals surface area (Å²) in [6, 6.07) is 6.59. The molecule has 1 aliphatic rings. The number of benzene rings is 1. The third kappa shape index (κ3) is 4.64. The Morgan fingerprint density at radius 3 is 3.00 bits per heavy atom. The Bertz CT molecular complexity index is 922. The monoisotopic (exact) mass is 403 g/mol. The van der Waals surface area contributed by atoms with Crippen molar-refractivity contribution in [1.29, 1.82) is 5.26 Å². The zero-order chi connectivity index (χ0) is 20.3. The normalized spacial score (nSPS) is 19.6. The van der Waals surface area contributed by atoms with Gasteiger partial charge in [-0.05, 0) is 32.0 Å². The molecule has 28 heavy (non-hydrogen) atoms. The lowest BCUT2D eigenvalue weighted by Crippen LogP contribution is -2.52. The summed E-state index contributed by atoms with van der Waals surface area (Å²) in [5.74, 6) is -0.525. The predicted octanol–water partition coefficient (Wildman–Crippen LogP) is 1.86. The van der Waals surface area contributed by atoms with Crippen LogP contribution in [-0.4, -0.2) is 59.1 Å². The van der Waals surface area contributed by atoms with Crippen molar-refractivity contribution in [2.24, 2.45) is 0 Å². The topological polar surface area (TPSA) is 98.1 Å². The predicted molar refractivity (Wildman–Crippen MR) is 105 cm³/mol. The van der Waals surface area contributed by atoms with E-state index >= 15 is 0 Å². The number of carbonyl (C=O) groups is 2. The Hall–Kier alpha value is -2.57. The number of nitriles is 1. The number of halogens is 1. The third-order valence-electron chi connectivity index (χ3n) is 4.72. The lowest BCUT2D eigenvalue weighted by molar-refractivity contribution is -0.130. The average molecular weight is 403 g/mol. The van der Waals surface area contributed by atoms with Crippen molar-refractivity contribution in [2.45, 2.75) is 38.0 Å². The fourth-order valence-corrected chi connectivity index (χ4v) is 3.78. The molecule has 1 aromatic heterocycles. The van der Waals surface area contributed by atoms with Gasteiger partial charge in [0.25, 0.3) is 5.91 Å². The van der Waals surface area contributed by atoms with Gasteiger partial charge < -0.3 is 15.5 Å². The number of hydrogen-bond acceptors (Lipinski definition) is 6.